The van der Waals surface area contributed by atoms with E-state index < -0.39 is 0 Å². The number of carbonyl (C=O) groups excluding carboxylic acids is 1. The summed E-state index contributed by atoms with van der Waals surface area (Å²) in [7, 11) is 0. The van der Waals surface area contributed by atoms with Gasteiger partial charge < -0.3 is 10.2 Å². The summed E-state index contributed by atoms with van der Waals surface area (Å²) >= 11 is 0. The molecular formula is C16H30N2O. The summed E-state index contributed by atoms with van der Waals surface area (Å²) in [5.74, 6) is 1.81. The third-order valence-corrected chi connectivity index (χ3v) is 4.85. The van der Waals surface area contributed by atoms with Gasteiger partial charge in [-0.3, -0.25) is 4.79 Å². The van der Waals surface area contributed by atoms with Gasteiger partial charge in [0.05, 0.1) is 0 Å². The van der Waals surface area contributed by atoms with Crippen LogP contribution in [0.5, 0.6) is 0 Å². The molecule has 0 radical (unpaired) electrons. The van der Waals surface area contributed by atoms with Gasteiger partial charge in [0, 0.05) is 32.1 Å². The molecule has 3 heteroatoms. The highest BCUT2D eigenvalue weighted by atomic mass is 16.2. The Balaban J connectivity index is 1.72. The van der Waals surface area contributed by atoms with Crippen LogP contribution in [0.25, 0.3) is 0 Å². The van der Waals surface area contributed by atoms with Crippen LogP contribution in [0.1, 0.15) is 58.8 Å². The minimum absolute atomic E-state index is 0.387. The molecule has 2 aliphatic rings. The molecule has 110 valence electrons. The van der Waals surface area contributed by atoms with Crippen LogP contribution < -0.4 is 5.32 Å². The van der Waals surface area contributed by atoms with E-state index in [2.05, 4.69) is 24.1 Å². The Morgan fingerprint density at radius 2 is 2.00 bits per heavy atom. The van der Waals surface area contributed by atoms with E-state index in [9.17, 15) is 4.79 Å². The second-order valence-electron chi connectivity index (χ2n) is 6.69. The zero-order valence-electron chi connectivity index (χ0n) is 12.7. The predicted molar refractivity (Wildman–Crippen MR) is 79.0 cm³/mol. The Bertz CT molecular complexity index is 284. The van der Waals surface area contributed by atoms with Gasteiger partial charge in [0.25, 0.3) is 0 Å². The van der Waals surface area contributed by atoms with Crippen molar-refractivity contribution in [1.82, 2.24) is 10.2 Å². The minimum Gasteiger partial charge on any atom is -0.340 e. The largest absolute Gasteiger partial charge is 0.340 e. The van der Waals surface area contributed by atoms with E-state index in [1.807, 2.05) is 0 Å². The normalized spacial score (nSPS) is 25.8. The molecule has 1 unspecified atom stereocenters. The summed E-state index contributed by atoms with van der Waals surface area (Å²) in [6.45, 7) is 7.22. The third kappa shape index (κ3) is 4.48. The van der Waals surface area contributed by atoms with Crippen molar-refractivity contribution in [2.24, 2.45) is 11.8 Å². The third-order valence-electron chi connectivity index (χ3n) is 4.85. The van der Waals surface area contributed by atoms with Gasteiger partial charge in [-0.2, -0.15) is 0 Å². The fraction of sp³-hybridized carbons (Fsp3) is 0.938. The van der Waals surface area contributed by atoms with Crippen molar-refractivity contribution in [3.63, 3.8) is 0 Å². The molecule has 2 rings (SSSR count). The number of hydrogen-bond acceptors (Lipinski definition) is 2. The molecule has 0 aromatic carbocycles. The van der Waals surface area contributed by atoms with Gasteiger partial charge in [-0.05, 0) is 18.3 Å². The minimum atomic E-state index is 0.387. The zero-order chi connectivity index (χ0) is 13.7. The first-order chi connectivity index (χ1) is 9.16. The molecule has 3 nitrogen and oxygen atoms in total. The standard InChI is InChI=1S/C16H30N2O/c1-13(2)15-12-18(11-10-17-15)16(19)9-8-14-6-4-3-5-7-14/h13-15,17H,3-12H2,1-2H3. The predicted octanol–water partition coefficient (Wildman–Crippen LogP) is 2.80. The van der Waals surface area contributed by atoms with E-state index in [0.717, 1.165) is 38.4 Å². The summed E-state index contributed by atoms with van der Waals surface area (Å²) in [5, 5.41) is 3.51. The maximum absolute atomic E-state index is 12.3. The molecule has 0 aromatic rings. The van der Waals surface area contributed by atoms with E-state index in [0.29, 0.717) is 17.9 Å². The van der Waals surface area contributed by atoms with Crippen LogP contribution in [0.4, 0.5) is 0 Å². The highest BCUT2D eigenvalue weighted by Crippen LogP contribution is 2.27. The van der Waals surface area contributed by atoms with Crippen LogP contribution in [0, 0.1) is 11.8 Å². The topological polar surface area (TPSA) is 32.3 Å². The quantitative estimate of drug-likeness (QED) is 0.848. The molecule has 1 N–H and O–H groups in total. The van der Waals surface area contributed by atoms with Crippen molar-refractivity contribution >= 4 is 5.91 Å². The molecule has 0 bridgehead atoms. The highest BCUT2D eigenvalue weighted by molar-refractivity contribution is 5.76. The Morgan fingerprint density at radius 1 is 1.26 bits per heavy atom. The van der Waals surface area contributed by atoms with E-state index in [-0.39, 0.29) is 0 Å². The molecule has 1 saturated carbocycles. The van der Waals surface area contributed by atoms with E-state index in [1.165, 1.54) is 32.1 Å². The molecule has 1 atom stereocenters. The fourth-order valence-corrected chi connectivity index (χ4v) is 3.41. The van der Waals surface area contributed by atoms with E-state index >= 15 is 0 Å². The molecule has 0 spiro atoms. The van der Waals surface area contributed by atoms with Crippen molar-refractivity contribution in [3.8, 4) is 0 Å². The van der Waals surface area contributed by atoms with Crippen molar-refractivity contribution in [3.05, 3.63) is 0 Å². The number of hydrogen-bond donors (Lipinski definition) is 1. The Morgan fingerprint density at radius 3 is 2.68 bits per heavy atom. The van der Waals surface area contributed by atoms with Crippen LogP contribution in [-0.2, 0) is 4.79 Å². The first-order valence-electron chi connectivity index (χ1n) is 8.18. The lowest BCUT2D eigenvalue weighted by Crippen LogP contribution is -2.54. The van der Waals surface area contributed by atoms with Crippen molar-refractivity contribution in [1.29, 1.82) is 0 Å². The Hall–Kier alpha value is -0.570. The van der Waals surface area contributed by atoms with Gasteiger partial charge in [-0.25, -0.2) is 0 Å². The molecule has 1 heterocycles. The number of rotatable bonds is 4. The number of amides is 1. The average molecular weight is 266 g/mol. The highest BCUT2D eigenvalue weighted by Gasteiger charge is 2.25. The molecule has 1 aliphatic heterocycles. The summed E-state index contributed by atoms with van der Waals surface area (Å²) in [5.41, 5.74) is 0. The number of carbonyl (C=O) groups is 1. The molecular weight excluding hydrogens is 236 g/mol. The monoisotopic (exact) mass is 266 g/mol. The van der Waals surface area contributed by atoms with Gasteiger partial charge in [0.15, 0.2) is 0 Å². The van der Waals surface area contributed by atoms with Gasteiger partial charge in [0.1, 0.15) is 0 Å². The van der Waals surface area contributed by atoms with Crippen molar-refractivity contribution in [2.75, 3.05) is 19.6 Å². The lowest BCUT2D eigenvalue weighted by atomic mass is 9.86. The maximum Gasteiger partial charge on any atom is 0.222 e. The number of piperazine rings is 1. The van der Waals surface area contributed by atoms with Gasteiger partial charge in [-0.15, -0.1) is 0 Å². The first kappa shape index (κ1) is 14.8. The van der Waals surface area contributed by atoms with Crippen LogP contribution in [-0.4, -0.2) is 36.5 Å². The second kappa shape index (κ2) is 7.28. The second-order valence-corrected chi connectivity index (χ2v) is 6.69. The number of nitrogens with one attached hydrogen (secondary N) is 1. The molecule has 2 fully saturated rings. The Labute approximate surface area is 118 Å². The summed E-state index contributed by atoms with van der Waals surface area (Å²) < 4.78 is 0. The summed E-state index contributed by atoms with van der Waals surface area (Å²) in [6, 6.07) is 0.479. The summed E-state index contributed by atoms with van der Waals surface area (Å²) in [6.07, 6.45) is 8.75. The Kier molecular flexibility index (Phi) is 5.68. The van der Waals surface area contributed by atoms with Gasteiger partial charge in [-0.1, -0.05) is 46.0 Å². The molecule has 1 saturated heterocycles. The molecule has 1 amide bonds. The lowest BCUT2D eigenvalue weighted by Gasteiger charge is -2.36. The fourth-order valence-electron chi connectivity index (χ4n) is 3.41. The number of nitrogens with zero attached hydrogens (tertiary/aromatic N) is 1. The van der Waals surface area contributed by atoms with Crippen molar-refractivity contribution in [2.45, 2.75) is 64.8 Å². The van der Waals surface area contributed by atoms with Crippen LogP contribution in [0.2, 0.25) is 0 Å². The summed E-state index contributed by atoms with van der Waals surface area (Å²) in [4.78, 5) is 14.4. The van der Waals surface area contributed by atoms with Crippen LogP contribution in [0.3, 0.4) is 0 Å². The SMILES string of the molecule is CC(C)C1CN(C(=O)CCC2CCCCC2)CCN1. The maximum atomic E-state index is 12.3. The zero-order valence-corrected chi connectivity index (χ0v) is 12.7. The average Bonchev–Trinajstić information content (AvgIpc) is 2.46. The smallest absolute Gasteiger partial charge is 0.222 e. The van der Waals surface area contributed by atoms with Gasteiger partial charge >= 0.3 is 0 Å². The van der Waals surface area contributed by atoms with Crippen LogP contribution >= 0.6 is 0 Å². The molecule has 1 aliphatic carbocycles. The molecule has 0 aromatic heterocycles. The molecule has 19 heavy (non-hydrogen) atoms. The van der Waals surface area contributed by atoms with E-state index in [1.54, 1.807) is 0 Å². The lowest BCUT2D eigenvalue weighted by molar-refractivity contribution is -0.133. The van der Waals surface area contributed by atoms with Gasteiger partial charge in [0.2, 0.25) is 5.91 Å². The van der Waals surface area contributed by atoms with Crippen molar-refractivity contribution < 1.29 is 4.79 Å². The van der Waals surface area contributed by atoms with E-state index in [4.69, 9.17) is 0 Å². The first-order valence-corrected chi connectivity index (χ1v) is 8.18. The van der Waals surface area contributed by atoms with Crippen LogP contribution in [0.15, 0.2) is 0 Å².